The van der Waals surface area contributed by atoms with E-state index < -0.39 is 0 Å². The topological polar surface area (TPSA) is 56.7 Å². The molecular formula is C21H28N4O. The Hall–Kier alpha value is -2.82. The number of nitrogens with zero attached hydrogens (tertiary/aromatic N) is 2. The van der Waals surface area contributed by atoms with E-state index in [0.717, 1.165) is 25.5 Å². The van der Waals surface area contributed by atoms with Gasteiger partial charge in [-0.1, -0.05) is 60.7 Å². The van der Waals surface area contributed by atoms with E-state index in [9.17, 15) is 4.79 Å². The summed E-state index contributed by atoms with van der Waals surface area (Å²) in [6, 6.07) is 20.3. The summed E-state index contributed by atoms with van der Waals surface area (Å²) >= 11 is 0. The van der Waals surface area contributed by atoms with Crippen molar-refractivity contribution in [2.24, 2.45) is 4.99 Å². The van der Waals surface area contributed by atoms with Crippen LogP contribution >= 0.6 is 0 Å². The molecule has 0 heterocycles. The molecule has 0 bridgehead atoms. The minimum Gasteiger partial charge on any atom is -0.357 e. The van der Waals surface area contributed by atoms with Gasteiger partial charge >= 0.3 is 0 Å². The van der Waals surface area contributed by atoms with Gasteiger partial charge in [-0.3, -0.25) is 4.79 Å². The van der Waals surface area contributed by atoms with Gasteiger partial charge < -0.3 is 15.5 Å². The highest BCUT2D eigenvalue weighted by Crippen LogP contribution is 2.03. The van der Waals surface area contributed by atoms with Crippen LogP contribution in [0.4, 0.5) is 0 Å². The zero-order valence-electron chi connectivity index (χ0n) is 15.6. The zero-order valence-corrected chi connectivity index (χ0v) is 15.6. The van der Waals surface area contributed by atoms with Crippen LogP contribution in [0.2, 0.25) is 0 Å². The third kappa shape index (κ3) is 6.97. The first-order chi connectivity index (χ1) is 12.7. The molecule has 0 aliphatic carbocycles. The minimum absolute atomic E-state index is 0.0653. The molecule has 0 aromatic heterocycles. The predicted molar refractivity (Wildman–Crippen MR) is 107 cm³/mol. The van der Waals surface area contributed by atoms with Gasteiger partial charge in [0.1, 0.15) is 6.54 Å². The Kier molecular flexibility index (Phi) is 8.19. The average Bonchev–Trinajstić information content (AvgIpc) is 2.66. The second-order valence-electron chi connectivity index (χ2n) is 6.10. The molecule has 5 nitrogen and oxygen atoms in total. The highest BCUT2D eigenvalue weighted by Gasteiger charge is 2.07. The zero-order chi connectivity index (χ0) is 18.6. The number of rotatable bonds is 8. The molecule has 138 valence electrons. The molecule has 5 heteroatoms. The molecular weight excluding hydrogens is 324 g/mol. The number of guanidine groups is 1. The van der Waals surface area contributed by atoms with Crippen molar-refractivity contribution in [1.29, 1.82) is 0 Å². The molecule has 26 heavy (non-hydrogen) atoms. The predicted octanol–water partition coefficient (Wildman–Crippen LogP) is 2.44. The lowest BCUT2D eigenvalue weighted by Crippen LogP contribution is -2.39. The number of amides is 1. The van der Waals surface area contributed by atoms with Gasteiger partial charge in [-0.25, -0.2) is 4.99 Å². The van der Waals surface area contributed by atoms with Crippen molar-refractivity contribution >= 4 is 11.9 Å². The van der Waals surface area contributed by atoms with Crippen LogP contribution in [-0.4, -0.2) is 43.4 Å². The molecule has 0 saturated carbocycles. The monoisotopic (exact) mass is 352 g/mol. The van der Waals surface area contributed by atoms with Crippen molar-refractivity contribution < 1.29 is 4.79 Å². The van der Waals surface area contributed by atoms with E-state index in [2.05, 4.69) is 39.9 Å². The largest absolute Gasteiger partial charge is 0.357 e. The molecule has 2 aromatic rings. The Bertz CT molecular complexity index is 686. The van der Waals surface area contributed by atoms with Crippen molar-refractivity contribution in [3.8, 4) is 0 Å². The lowest BCUT2D eigenvalue weighted by Gasteiger charge is -2.22. The summed E-state index contributed by atoms with van der Waals surface area (Å²) in [5.74, 6) is 0.666. The fourth-order valence-corrected chi connectivity index (χ4v) is 2.60. The van der Waals surface area contributed by atoms with E-state index in [-0.39, 0.29) is 12.5 Å². The number of hydrogen-bond acceptors (Lipinski definition) is 2. The molecule has 0 fully saturated rings. The van der Waals surface area contributed by atoms with Crippen molar-refractivity contribution in [2.45, 2.75) is 19.9 Å². The fourth-order valence-electron chi connectivity index (χ4n) is 2.60. The normalized spacial score (nSPS) is 11.1. The van der Waals surface area contributed by atoms with Crippen molar-refractivity contribution in [3.05, 3.63) is 71.8 Å². The second kappa shape index (κ2) is 10.9. The summed E-state index contributed by atoms with van der Waals surface area (Å²) < 4.78 is 0. The molecule has 0 atom stereocenters. The highest BCUT2D eigenvalue weighted by atomic mass is 16.1. The van der Waals surface area contributed by atoms with Crippen molar-refractivity contribution in [1.82, 2.24) is 15.5 Å². The highest BCUT2D eigenvalue weighted by molar-refractivity contribution is 5.84. The fraction of sp³-hybridized carbons (Fsp3) is 0.333. The average molecular weight is 352 g/mol. The number of carbonyl (C=O) groups is 1. The summed E-state index contributed by atoms with van der Waals surface area (Å²) in [5, 5.41) is 6.16. The lowest BCUT2D eigenvalue weighted by molar-refractivity contribution is -0.119. The quantitative estimate of drug-likeness (QED) is 0.567. The molecule has 0 saturated heterocycles. The van der Waals surface area contributed by atoms with Crippen LogP contribution < -0.4 is 10.6 Å². The first-order valence-corrected chi connectivity index (χ1v) is 9.03. The number of aliphatic imine (C=N–C) groups is 1. The molecule has 0 unspecified atom stereocenters. The SMILES string of the molecule is CCNC(=NCC(=O)NCCc1ccccc1)N(C)Cc1ccccc1. The number of hydrogen-bond donors (Lipinski definition) is 2. The van der Waals surface area contributed by atoms with Crippen LogP contribution in [0.15, 0.2) is 65.7 Å². The Labute approximate surface area is 156 Å². The maximum Gasteiger partial charge on any atom is 0.241 e. The number of nitrogens with one attached hydrogen (secondary N) is 2. The molecule has 0 aliphatic rings. The minimum atomic E-state index is -0.0653. The van der Waals surface area contributed by atoms with E-state index in [0.29, 0.717) is 6.54 Å². The Morgan fingerprint density at radius 1 is 0.962 bits per heavy atom. The third-order valence-corrected chi connectivity index (χ3v) is 3.91. The smallest absolute Gasteiger partial charge is 0.241 e. The van der Waals surface area contributed by atoms with E-state index >= 15 is 0 Å². The van der Waals surface area contributed by atoms with E-state index in [1.54, 1.807) is 0 Å². The van der Waals surface area contributed by atoms with E-state index in [1.807, 2.05) is 55.3 Å². The lowest BCUT2D eigenvalue weighted by atomic mass is 10.1. The van der Waals surface area contributed by atoms with Gasteiger partial charge in [0.05, 0.1) is 0 Å². The molecule has 2 rings (SSSR count). The van der Waals surface area contributed by atoms with Gasteiger partial charge in [-0.2, -0.15) is 0 Å². The summed E-state index contributed by atoms with van der Waals surface area (Å²) in [7, 11) is 1.97. The van der Waals surface area contributed by atoms with Crippen LogP contribution in [0.3, 0.4) is 0 Å². The molecule has 2 N–H and O–H groups in total. The van der Waals surface area contributed by atoms with Crippen molar-refractivity contribution in [2.75, 3.05) is 26.7 Å². The van der Waals surface area contributed by atoms with Gasteiger partial charge in [0.2, 0.25) is 5.91 Å². The first-order valence-electron chi connectivity index (χ1n) is 9.03. The standard InChI is InChI=1S/C21H28N4O/c1-3-22-21(25(2)17-19-12-8-5-9-13-19)24-16-20(26)23-15-14-18-10-6-4-7-11-18/h4-13H,3,14-17H2,1-2H3,(H,22,24)(H,23,26). The molecule has 0 spiro atoms. The van der Waals surface area contributed by atoms with Crippen LogP contribution in [0, 0.1) is 0 Å². The van der Waals surface area contributed by atoms with Crippen LogP contribution in [0.25, 0.3) is 0 Å². The number of benzene rings is 2. The van der Waals surface area contributed by atoms with Crippen LogP contribution in [0.1, 0.15) is 18.1 Å². The second-order valence-corrected chi connectivity index (χ2v) is 6.10. The number of carbonyl (C=O) groups excluding carboxylic acids is 1. The molecule has 2 aromatic carbocycles. The summed E-state index contributed by atoms with van der Waals surface area (Å²) in [5.41, 5.74) is 2.42. The Morgan fingerprint density at radius 2 is 1.58 bits per heavy atom. The van der Waals surface area contributed by atoms with Gasteiger partial charge in [-0.15, -0.1) is 0 Å². The van der Waals surface area contributed by atoms with Crippen LogP contribution in [0.5, 0.6) is 0 Å². The van der Waals surface area contributed by atoms with Gasteiger partial charge in [0.15, 0.2) is 5.96 Å². The Morgan fingerprint density at radius 3 is 2.19 bits per heavy atom. The van der Waals surface area contributed by atoms with E-state index in [4.69, 9.17) is 0 Å². The maximum absolute atomic E-state index is 12.1. The third-order valence-electron chi connectivity index (χ3n) is 3.91. The maximum atomic E-state index is 12.1. The summed E-state index contributed by atoms with van der Waals surface area (Å²) in [6.45, 7) is 4.26. The first kappa shape index (κ1) is 19.5. The van der Waals surface area contributed by atoms with Gasteiger partial charge in [-0.05, 0) is 24.5 Å². The van der Waals surface area contributed by atoms with E-state index in [1.165, 1.54) is 11.1 Å². The van der Waals surface area contributed by atoms with Crippen LogP contribution in [-0.2, 0) is 17.8 Å². The summed E-state index contributed by atoms with van der Waals surface area (Å²) in [4.78, 5) is 18.5. The van der Waals surface area contributed by atoms with Gasteiger partial charge in [0.25, 0.3) is 0 Å². The molecule has 0 aliphatic heterocycles. The van der Waals surface area contributed by atoms with Gasteiger partial charge in [0, 0.05) is 26.7 Å². The Balaban J connectivity index is 1.82. The molecule has 0 radical (unpaired) electrons. The molecule has 1 amide bonds. The van der Waals surface area contributed by atoms with Crippen molar-refractivity contribution in [3.63, 3.8) is 0 Å². The summed E-state index contributed by atoms with van der Waals surface area (Å²) in [6.07, 6.45) is 0.824.